The third kappa shape index (κ3) is 5.25. The first-order valence-corrected chi connectivity index (χ1v) is 12.1. The summed E-state index contributed by atoms with van der Waals surface area (Å²) in [7, 11) is 0. The van der Waals surface area contributed by atoms with Crippen LogP contribution in [0.25, 0.3) is 0 Å². The zero-order chi connectivity index (χ0) is 24.9. The van der Waals surface area contributed by atoms with E-state index in [-0.39, 0.29) is 26.1 Å². The monoisotopic (exact) mass is 487 g/mol. The molecule has 0 bridgehead atoms. The smallest absolute Gasteiger partial charge is 0.290 e. The number of para-hydroxylation sites is 1. The molecule has 1 aliphatic carbocycles. The molecule has 2 aliphatic heterocycles. The zero-order valence-corrected chi connectivity index (χ0v) is 19.9. The summed E-state index contributed by atoms with van der Waals surface area (Å²) < 4.78 is 11.5. The molecule has 4 rings (SSSR count). The summed E-state index contributed by atoms with van der Waals surface area (Å²) in [5.74, 6) is -1.62. The largest absolute Gasteiger partial charge is 0.486 e. The average molecular weight is 488 g/mol. The molecule has 0 radical (unpaired) electrons. The minimum atomic E-state index is -1.15. The minimum absolute atomic E-state index is 0.0389. The number of nitrogens with zero attached hydrogens (tertiary/aromatic N) is 2. The van der Waals surface area contributed by atoms with Gasteiger partial charge in [-0.3, -0.25) is 19.3 Å². The predicted molar refractivity (Wildman–Crippen MR) is 126 cm³/mol. The van der Waals surface area contributed by atoms with E-state index < -0.39 is 41.8 Å². The maximum absolute atomic E-state index is 13.2. The van der Waals surface area contributed by atoms with Gasteiger partial charge in [-0.1, -0.05) is 25.1 Å². The number of nitrogens with one attached hydrogen (secondary N) is 1. The molecule has 0 unspecified atom stereocenters. The lowest BCUT2D eigenvalue weighted by molar-refractivity contribution is -0.148. The lowest BCUT2D eigenvalue weighted by atomic mass is 9.77. The van der Waals surface area contributed by atoms with E-state index in [1.165, 1.54) is 4.90 Å². The zero-order valence-electron chi connectivity index (χ0n) is 19.9. The Balaban J connectivity index is 1.68. The van der Waals surface area contributed by atoms with Crippen molar-refractivity contribution in [1.82, 2.24) is 15.1 Å². The van der Waals surface area contributed by atoms with Crippen LogP contribution >= 0.6 is 0 Å². The molecule has 1 aromatic carbocycles. The number of ketones is 1. The van der Waals surface area contributed by atoms with Gasteiger partial charge >= 0.3 is 0 Å². The molecule has 2 amide bonds. The Morgan fingerprint density at radius 3 is 2.66 bits per heavy atom. The van der Waals surface area contributed by atoms with Gasteiger partial charge in [0.15, 0.2) is 0 Å². The number of amides is 2. The Labute approximate surface area is 204 Å². The van der Waals surface area contributed by atoms with Crippen molar-refractivity contribution in [3.8, 4) is 5.75 Å². The Morgan fingerprint density at radius 2 is 1.94 bits per heavy atom. The number of morpholine rings is 1. The van der Waals surface area contributed by atoms with E-state index >= 15 is 0 Å². The van der Waals surface area contributed by atoms with Crippen molar-refractivity contribution in [2.75, 3.05) is 52.5 Å². The fourth-order valence-corrected chi connectivity index (χ4v) is 4.96. The standard InChI is InChI=1S/C25H33N3O7/c1-2-19(30)25(33)28(9-8-27-10-13-34-14-11-27)18-15-17(24(32)26-7-12-29)21-16-5-3-4-6-20(16)35-23(21)22(18)31/h3-6,15,18,21-23,29,31H,2,7-14H2,1H3,(H,26,32)/t18-,21+,22+,23+/m1/s1. The van der Waals surface area contributed by atoms with Crippen molar-refractivity contribution in [3.05, 3.63) is 41.5 Å². The van der Waals surface area contributed by atoms with Crippen LogP contribution in [0.2, 0.25) is 0 Å². The highest BCUT2D eigenvalue weighted by Gasteiger charge is 2.50. The number of ether oxygens (including phenoxy) is 2. The quantitative estimate of drug-likeness (QED) is 0.396. The van der Waals surface area contributed by atoms with Crippen molar-refractivity contribution in [2.45, 2.75) is 37.5 Å². The number of benzene rings is 1. The van der Waals surface area contributed by atoms with Gasteiger partial charge in [0.1, 0.15) is 18.0 Å². The van der Waals surface area contributed by atoms with E-state index in [0.29, 0.717) is 44.2 Å². The second-order valence-electron chi connectivity index (χ2n) is 8.91. The second-order valence-corrected chi connectivity index (χ2v) is 8.91. The van der Waals surface area contributed by atoms with Gasteiger partial charge in [0, 0.05) is 50.3 Å². The topological polar surface area (TPSA) is 129 Å². The minimum Gasteiger partial charge on any atom is -0.486 e. The molecule has 0 aromatic heterocycles. The Bertz CT molecular complexity index is 976. The highest BCUT2D eigenvalue weighted by Crippen LogP contribution is 2.47. The molecular weight excluding hydrogens is 454 g/mol. The van der Waals surface area contributed by atoms with Crippen LogP contribution in [-0.2, 0) is 19.1 Å². The van der Waals surface area contributed by atoms with E-state index in [2.05, 4.69) is 10.2 Å². The van der Waals surface area contributed by atoms with Crippen LogP contribution in [0.1, 0.15) is 24.8 Å². The maximum atomic E-state index is 13.2. The Kier molecular flexibility index (Phi) is 8.17. The van der Waals surface area contributed by atoms with Gasteiger partial charge in [-0.05, 0) is 12.1 Å². The molecule has 0 saturated carbocycles. The van der Waals surface area contributed by atoms with Gasteiger partial charge in [-0.2, -0.15) is 0 Å². The molecule has 1 saturated heterocycles. The number of Topliss-reactive ketones (excluding diaryl/α,β-unsaturated/α-hetero) is 1. The predicted octanol–water partition coefficient (Wildman–Crippen LogP) is -0.551. The Hall–Kier alpha value is -2.79. The van der Waals surface area contributed by atoms with Gasteiger partial charge in [-0.25, -0.2) is 0 Å². The summed E-state index contributed by atoms with van der Waals surface area (Å²) in [4.78, 5) is 42.3. The average Bonchev–Trinajstić information content (AvgIpc) is 3.28. The third-order valence-corrected chi connectivity index (χ3v) is 6.82. The van der Waals surface area contributed by atoms with Crippen LogP contribution in [0.3, 0.4) is 0 Å². The maximum Gasteiger partial charge on any atom is 0.290 e. The molecule has 10 heteroatoms. The van der Waals surface area contributed by atoms with Gasteiger partial charge in [-0.15, -0.1) is 0 Å². The first-order valence-electron chi connectivity index (χ1n) is 12.1. The molecule has 0 spiro atoms. The SMILES string of the molecule is CCC(=O)C(=O)N(CCN1CCOCC1)[C@@H]1C=C(C(=O)NCCO)[C@@H]2c3ccccc3O[C@@H]2[C@H]1O. The molecule has 1 aromatic rings. The number of aliphatic hydroxyl groups excluding tert-OH is 2. The summed E-state index contributed by atoms with van der Waals surface area (Å²) in [6.07, 6.45) is -0.325. The normalized spacial score (nSPS) is 25.6. The van der Waals surface area contributed by atoms with E-state index in [1.807, 2.05) is 18.2 Å². The molecule has 1 fully saturated rings. The molecule has 10 nitrogen and oxygen atoms in total. The number of carbonyl (C=O) groups is 3. The number of rotatable bonds is 9. The molecule has 3 aliphatic rings. The van der Waals surface area contributed by atoms with E-state index in [4.69, 9.17) is 9.47 Å². The van der Waals surface area contributed by atoms with Crippen LogP contribution in [0.15, 0.2) is 35.9 Å². The fraction of sp³-hybridized carbons (Fsp3) is 0.560. The van der Waals surface area contributed by atoms with E-state index in [9.17, 15) is 24.6 Å². The molecule has 35 heavy (non-hydrogen) atoms. The van der Waals surface area contributed by atoms with Crippen molar-refractivity contribution >= 4 is 17.6 Å². The van der Waals surface area contributed by atoms with E-state index in [1.54, 1.807) is 19.1 Å². The van der Waals surface area contributed by atoms with Gasteiger partial charge < -0.3 is 29.9 Å². The second kappa shape index (κ2) is 11.3. The van der Waals surface area contributed by atoms with Crippen LogP contribution < -0.4 is 10.1 Å². The van der Waals surface area contributed by atoms with E-state index in [0.717, 1.165) is 5.56 Å². The summed E-state index contributed by atoms with van der Waals surface area (Å²) in [6, 6.07) is 6.35. The van der Waals surface area contributed by atoms with Crippen LogP contribution in [0.4, 0.5) is 0 Å². The first kappa shape index (κ1) is 25.3. The molecule has 2 heterocycles. The van der Waals surface area contributed by atoms with Crippen molar-refractivity contribution < 1.29 is 34.1 Å². The first-order chi connectivity index (χ1) is 17.0. The van der Waals surface area contributed by atoms with Crippen LogP contribution in [0.5, 0.6) is 5.75 Å². The number of hydrogen-bond donors (Lipinski definition) is 3. The lowest BCUT2D eigenvalue weighted by Crippen LogP contribution is -2.58. The van der Waals surface area contributed by atoms with Crippen LogP contribution in [0, 0.1) is 0 Å². The summed E-state index contributed by atoms with van der Waals surface area (Å²) >= 11 is 0. The highest BCUT2D eigenvalue weighted by molar-refractivity contribution is 6.36. The summed E-state index contributed by atoms with van der Waals surface area (Å²) in [6.45, 7) is 4.79. The Morgan fingerprint density at radius 1 is 1.20 bits per heavy atom. The van der Waals surface area contributed by atoms with Gasteiger partial charge in [0.05, 0.1) is 31.8 Å². The fourth-order valence-electron chi connectivity index (χ4n) is 4.96. The van der Waals surface area contributed by atoms with Crippen molar-refractivity contribution in [1.29, 1.82) is 0 Å². The number of aliphatic hydroxyl groups is 2. The lowest BCUT2D eigenvalue weighted by Gasteiger charge is -2.41. The molecule has 190 valence electrons. The third-order valence-electron chi connectivity index (χ3n) is 6.82. The van der Waals surface area contributed by atoms with Gasteiger partial charge in [0.2, 0.25) is 11.7 Å². The number of fused-ring (bicyclic) bond motifs is 3. The van der Waals surface area contributed by atoms with Crippen molar-refractivity contribution in [2.24, 2.45) is 0 Å². The summed E-state index contributed by atoms with van der Waals surface area (Å²) in [5.41, 5.74) is 1.12. The van der Waals surface area contributed by atoms with Gasteiger partial charge in [0.25, 0.3) is 5.91 Å². The number of carbonyl (C=O) groups excluding carboxylic acids is 3. The number of hydrogen-bond acceptors (Lipinski definition) is 8. The summed E-state index contributed by atoms with van der Waals surface area (Å²) in [5, 5.41) is 23.3. The van der Waals surface area contributed by atoms with Crippen molar-refractivity contribution in [3.63, 3.8) is 0 Å². The molecule has 4 atom stereocenters. The van der Waals surface area contributed by atoms with Crippen LogP contribution in [-0.4, -0.2) is 108 Å². The molecule has 3 N–H and O–H groups in total. The molecular formula is C25H33N3O7. The highest BCUT2D eigenvalue weighted by atomic mass is 16.5.